The number of nitrogens with zero attached hydrogens (tertiary/aromatic N) is 1. The number of halogens is 1. The lowest BCUT2D eigenvalue weighted by Crippen LogP contribution is -2.28. The molecule has 0 unspecified atom stereocenters. The first-order chi connectivity index (χ1) is 11.6. The minimum absolute atomic E-state index is 0.0291. The number of carbonyl (C=O) groups excluding carboxylic acids is 2. The average Bonchev–Trinajstić information content (AvgIpc) is 2.99. The van der Waals surface area contributed by atoms with E-state index in [2.05, 4.69) is 12.2 Å². The number of nitrogens with one attached hydrogen (secondary N) is 1. The summed E-state index contributed by atoms with van der Waals surface area (Å²) >= 11 is 6.06. The fraction of sp³-hybridized carbons (Fsp3) is 0.263. The molecule has 5 heteroatoms. The number of aryl methyl sites for hydroxylation is 1. The van der Waals surface area contributed by atoms with Crippen molar-refractivity contribution in [2.24, 2.45) is 5.92 Å². The number of amides is 2. The molecule has 1 heterocycles. The average molecular weight is 343 g/mol. The third-order valence-corrected chi connectivity index (χ3v) is 4.61. The van der Waals surface area contributed by atoms with Gasteiger partial charge in [-0.3, -0.25) is 9.59 Å². The molecule has 1 fully saturated rings. The third-order valence-electron chi connectivity index (χ3n) is 4.28. The van der Waals surface area contributed by atoms with Gasteiger partial charge in [-0.05, 0) is 36.2 Å². The first-order valence-corrected chi connectivity index (χ1v) is 8.41. The molecule has 1 aliphatic rings. The minimum atomic E-state index is -0.375. The van der Waals surface area contributed by atoms with Crippen molar-refractivity contribution in [3.05, 3.63) is 59.1 Å². The second-order valence-corrected chi connectivity index (χ2v) is 6.30. The second-order valence-electron chi connectivity index (χ2n) is 5.89. The molecular formula is C19H19ClN2O2. The van der Waals surface area contributed by atoms with E-state index in [0.717, 1.165) is 12.1 Å². The van der Waals surface area contributed by atoms with Gasteiger partial charge in [0, 0.05) is 18.7 Å². The van der Waals surface area contributed by atoms with Crippen LogP contribution < -0.4 is 10.2 Å². The van der Waals surface area contributed by atoms with Gasteiger partial charge in [0.15, 0.2) is 0 Å². The minimum Gasteiger partial charge on any atom is -0.324 e. The molecule has 2 amide bonds. The number of carbonyl (C=O) groups is 2. The van der Waals surface area contributed by atoms with Crippen LogP contribution in [0, 0.1) is 5.92 Å². The monoisotopic (exact) mass is 342 g/mol. The smallest absolute Gasteiger partial charge is 0.229 e. The zero-order valence-electron chi connectivity index (χ0n) is 13.5. The van der Waals surface area contributed by atoms with Crippen molar-refractivity contribution in [2.45, 2.75) is 19.8 Å². The highest BCUT2D eigenvalue weighted by molar-refractivity contribution is 6.33. The fourth-order valence-corrected chi connectivity index (χ4v) is 3.02. The van der Waals surface area contributed by atoms with Crippen LogP contribution >= 0.6 is 11.6 Å². The maximum absolute atomic E-state index is 12.4. The Labute approximate surface area is 146 Å². The van der Waals surface area contributed by atoms with Gasteiger partial charge < -0.3 is 10.2 Å². The van der Waals surface area contributed by atoms with E-state index in [1.54, 1.807) is 23.1 Å². The van der Waals surface area contributed by atoms with Gasteiger partial charge >= 0.3 is 0 Å². The lowest BCUT2D eigenvalue weighted by molar-refractivity contribution is -0.122. The highest BCUT2D eigenvalue weighted by atomic mass is 35.5. The predicted octanol–water partition coefficient (Wildman–Crippen LogP) is 3.89. The first kappa shape index (κ1) is 16.5. The summed E-state index contributed by atoms with van der Waals surface area (Å²) in [4.78, 5) is 26.4. The second kappa shape index (κ2) is 7.05. The maximum Gasteiger partial charge on any atom is 0.229 e. The summed E-state index contributed by atoms with van der Waals surface area (Å²) in [6.45, 7) is 2.48. The third kappa shape index (κ3) is 3.44. The van der Waals surface area contributed by atoms with E-state index in [-0.39, 0.29) is 24.2 Å². The SMILES string of the molecule is CCc1ccc(N2C[C@@H](C(=O)Nc3ccccc3Cl)CC2=O)cc1. The molecule has 124 valence electrons. The van der Waals surface area contributed by atoms with Crippen molar-refractivity contribution < 1.29 is 9.59 Å². The summed E-state index contributed by atoms with van der Waals surface area (Å²) in [5.41, 5.74) is 2.63. The summed E-state index contributed by atoms with van der Waals surface area (Å²) < 4.78 is 0. The van der Waals surface area contributed by atoms with Crippen molar-refractivity contribution in [1.29, 1.82) is 0 Å². The lowest BCUT2D eigenvalue weighted by atomic mass is 10.1. The van der Waals surface area contributed by atoms with E-state index >= 15 is 0 Å². The Balaban J connectivity index is 1.69. The highest BCUT2D eigenvalue weighted by Gasteiger charge is 2.35. The molecule has 0 spiro atoms. The maximum atomic E-state index is 12.4. The van der Waals surface area contributed by atoms with Gasteiger partial charge in [-0.25, -0.2) is 0 Å². The molecule has 1 N–H and O–H groups in total. The number of rotatable bonds is 4. The summed E-state index contributed by atoms with van der Waals surface area (Å²) in [5.74, 6) is -0.581. The van der Waals surface area contributed by atoms with Gasteiger partial charge in [0.25, 0.3) is 0 Å². The van der Waals surface area contributed by atoms with Crippen LogP contribution in [0.2, 0.25) is 5.02 Å². The molecule has 2 aromatic carbocycles. The molecule has 1 aliphatic heterocycles. The Kier molecular flexibility index (Phi) is 4.86. The standard InChI is InChI=1S/C19H19ClN2O2/c1-2-13-7-9-15(10-8-13)22-12-14(11-18(22)23)19(24)21-17-6-4-3-5-16(17)20/h3-10,14H,2,11-12H2,1H3,(H,21,24)/t14-/m0/s1. The van der Waals surface area contributed by atoms with Gasteiger partial charge in [0.1, 0.15) is 0 Å². The summed E-state index contributed by atoms with van der Waals surface area (Å²) in [6.07, 6.45) is 1.17. The topological polar surface area (TPSA) is 49.4 Å². The highest BCUT2D eigenvalue weighted by Crippen LogP contribution is 2.27. The summed E-state index contributed by atoms with van der Waals surface area (Å²) in [5, 5.41) is 3.30. The van der Waals surface area contributed by atoms with E-state index < -0.39 is 0 Å². The number of anilines is 2. The Morgan fingerprint density at radius 1 is 1.21 bits per heavy atom. The Morgan fingerprint density at radius 3 is 2.58 bits per heavy atom. The van der Waals surface area contributed by atoms with Gasteiger partial charge in [-0.15, -0.1) is 0 Å². The van der Waals surface area contributed by atoms with E-state index in [1.165, 1.54) is 5.56 Å². The number of benzene rings is 2. The Morgan fingerprint density at radius 2 is 1.92 bits per heavy atom. The van der Waals surface area contributed by atoms with E-state index in [4.69, 9.17) is 11.6 Å². The number of hydrogen-bond acceptors (Lipinski definition) is 2. The quantitative estimate of drug-likeness (QED) is 0.916. The zero-order chi connectivity index (χ0) is 17.1. The predicted molar refractivity (Wildman–Crippen MR) is 96.4 cm³/mol. The Hall–Kier alpha value is -2.33. The van der Waals surface area contributed by atoms with Gasteiger partial charge in [0.2, 0.25) is 11.8 Å². The molecule has 0 bridgehead atoms. The van der Waals surface area contributed by atoms with Crippen LogP contribution in [0.4, 0.5) is 11.4 Å². The fourth-order valence-electron chi connectivity index (χ4n) is 2.84. The van der Waals surface area contributed by atoms with Gasteiger partial charge in [-0.1, -0.05) is 42.8 Å². The molecule has 0 aliphatic carbocycles. The molecule has 24 heavy (non-hydrogen) atoms. The van der Waals surface area contributed by atoms with Crippen LogP contribution in [-0.4, -0.2) is 18.4 Å². The molecule has 1 atom stereocenters. The normalized spacial score (nSPS) is 17.2. The molecule has 3 rings (SSSR count). The van der Waals surface area contributed by atoms with Crippen molar-refractivity contribution in [3.63, 3.8) is 0 Å². The summed E-state index contributed by atoms with van der Waals surface area (Å²) in [7, 11) is 0. The van der Waals surface area contributed by atoms with Crippen LogP contribution in [-0.2, 0) is 16.0 Å². The number of hydrogen-bond donors (Lipinski definition) is 1. The van der Waals surface area contributed by atoms with Crippen LogP contribution in [0.25, 0.3) is 0 Å². The molecule has 0 saturated carbocycles. The van der Waals surface area contributed by atoms with E-state index in [1.807, 2.05) is 30.3 Å². The molecule has 0 aromatic heterocycles. The van der Waals surface area contributed by atoms with Crippen molar-refractivity contribution in [2.75, 3.05) is 16.8 Å². The van der Waals surface area contributed by atoms with E-state index in [9.17, 15) is 9.59 Å². The molecular weight excluding hydrogens is 324 g/mol. The van der Waals surface area contributed by atoms with Crippen LogP contribution in [0.15, 0.2) is 48.5 Å². The van der Waals surface area contributed by atoms with Crippen LogP contribution in [0.1, 0.15) is 18.9 Å². The van der Waals surface area contributed by atoms with Crippen molar-refractivity contribution in [1.82, 2.24) is 0 Å². The van der Waals surface area contributed by atoms with Crippen molar-refractivity contribution in [3.8, 4) is 0 Å². The molecule has 1 saturated heterocycles. The molecule has 2 aromatic rings. The van der Waals surface area contributed by atoms with Gasteiger partial charge in [0.05, 0.1) is 16.6 Å². The summed E-state index contributed by atoms with van der Waals surface area (Å²) in [6, 6.07) is 15.0. The molecule has 0 radical (unpaired) electrons. The van der Waals surface area contributed by atoms with Crippen molar-refractivity contribution >= 4 is 34.8 Å². The molecule has 4 nitrogen and oxygen atoms in total. The van der Waals surface area contributed by atoms with Crippen LogP contribution in [0.5, 0.6) is 0 Å². The first-order valence-electron chi connectivity index (χ1n) is 8.03. The lowest BCUT2D eigenvalue weighted by Gasteiger charge is -2.17. The Bertz CT molecular complexity index is 758. The van der Waals surface area contributed by atoms with Crippen LogP contribution in [0.3, 0.4) is 0 Å². The van der Waals surface area contributed by atoms with E-state index in [0.29, 0.717) is 17.3 Å². The zero-order valence-corrected chi connectivity index (χ0v) is 14.2. The largest absolute Gasteiger partial charge is 0.324 e. The number of para-hydroxylation sites is 1. The van der Waals surface area contributed by atoms with Gasteiger partial charge in [-0.2, -0.15) is 0 Å².